The molecule has 2 N–H and O–H groups in total. The molecule has 0 bridgehead atoms. The fraction of sp³-hybridized carbons (Fsp3) is 0.625. The summed E-state index contributed by atoms with van der Waals surface area (Å²) in [4.78, 5) is 0. The monoisotopic (exact) mass is 345 g/mol. The van der Waals surface area contributed by atoms with Crippen molar-refractivity contribution in [1.82, 2.24) is 0 Å². The molecule has 1 aromatic rings. The predicted molar refractivity (Wildman–Crippen MR) is 88.7 cm³/mol. The van der Waals surface area contributed by atoms with Crippen LogP contribution >= 0.6 is 27.5 Å². The van der Waals surface area contributed by atoms with E-state index in [4.69, 9.17) is 17.3 Å². The van der Waals surface area contributed by atoms with Crippen LogP contribution in [-0.4, -0.2) is 0 Å². The van der Waals surface area contributed by atoms with Crippen LogP contribution in [-0.2, 0) is 0 Å². The molecule has 0 radical (unpaired) electrons. The maximum Gasteiger partial charge on any atom is 0.0464 e. The molecule has 1 unspecified atom stereocenters. The number of hydrogen-bond acceptors (Lipinski definition) is 1. The molecule has 0 amide bonds. The largest absolute Gasteiger partial charge is 0.324 e. The molecule has 0 aliphatic rings. The normalized spacial score (nSPS) is 12.6. The van der Waals surface area contributed by atoms with E-state index in [2.05, 4.69) is 22.9 Å². The van der Waals surface area contributed by atoms with Gasteiger partial charge >= 0.3 is 0 Å². The van der Waals surface area contributed by atoms with Gasteiger partial charge in [0.25, 0.3) is 0 Å². The first-order valence-corrected chi connectivity index (χ1v) is 8.52. The average Bonchev–Trinajstić information content (AvgIpc) is 2.37. The smallest absolute Gasteiger partial charge is 0.0464 e. The lowest BCUT2D eigenvalue weighted by Crippen LogP contribution is -2.10. The summed E-state index contributed by atoms with van der Waals surface area (Å²) in [5.41, 5.74) is 7.27. The van der Waals surface area contributed by atoms with Crippen LogP contribution in [0.25, 0.3) is 0 Å². The zero-order chi connectivity index (χ0) is 14.1. The number of halogens is 2. The summed E-state index contributed by atoms with van der Waals surface area (Å²) in [6.07, 6.45) is 10.3. The third kappa shape index (κ3) is 6.78. The van der Waals surface area contributed by atoms with Gasteiger partial charge in [0, 0.05) is 15.5 Å². The summed E-state index contributed by atoms with van der Waals surface area (Å²) in [5.74, 6) is 0. The molecular weight excluding hydrogens is 322 g/mol. The first kappa shape index (κ1) is 17.0. The van der Waals surface area contributed by atoms with Crippen LogP contribution < -0.4 is 5.73 Å². The quantitative estimate of drug-likeness (QED) is 0.526. The Bertz CT molecular complexity index is 368. The number of benzene rings is 1. The molecule has 1 nitrogen and oxygen atoms in total. The second kappa shape index (κ2) is 9.79. The highest BCUT2D eigenvalue weighted by Crippen LogP contribution is 2.28. The highest BCUT2D eigenvalue weighted by molar-refractivity contribution is 9.10. The highest BCUT2D eigenvalue weighted by atomic mass is 79.9. The van der Waals surface area contributed by atoms with Gasteiger partial charge in [-0.1, -0.05) is 85.5 Å². The van der Waals surface area contributed by atoms with Crippen molar-refractivity contribution in [3.8, 4) is 0 Å². The van der Waals surface area contributed by atoms with Crippen LogP contribution in [0.4, 0.5) is 0 Å². The van der Waals surface area contributed by atoms with Crippen LogP contribution in [0.1, 0.15) is 69.9 Å². The fourth-order valence-electron chi connectivity index (χ4n) is 2.28. The molecule has 0 aromatic heterocycles. The van der Waals surface area contributed by atoms with Gasteiger partial charge in [-0.25, -0.2) is 0 Å². The summed E-state index contributed by atoms with van der Waals surface area (Å²) < 4.78 is 1.00. The van der Waals surface area contributed by atoms with Crippen LogP contribution in [0.5, 0.6) is 0 Å². The number of rotatable bonds is 9. The molecule has 0 spiro atoms. The Morgan fingerprint density at radius 1 is 1.11 bits per heavy atom. The van der Waals surface area contributed by atoms with Crippen molar-refractivity contribution in [3.05, 3.63) is 33.3 Å². The third-order valence-electron chi connectivity index (χ3n) is 3.48. The van der Waals surface area contributed by atoms with E-state index in [0.717, 1.165) is 21.5 Å². The summed E-state index contributed by atoms with van der Waals surface area (Å²) in [5, 5.41) is 0.768. The lowest BCUT2D eigenvalue weighted by atomic mass is 10.0. The Kier molecular flexibility index (Phi) is 8.76. The van der Waals surface area contributed by atoms with E-state index in [1.165, 1.54) is 44.9 Å². The Labute approximate surface area is 131 Å². The average molecular weight is 347 g/mol. The zero-order valence-corrected chi connectivity index (χ0v) is 14.1. The van der Waals surface area contributed by atoms with Gasteiger partial charge in [-0.15, -0.1) is 0 Å². The third-order valence-corrected chi connectivity index (χ3v) is 4.30. The van der Waals surface area contributed by atoms with Gasteiger partial charge in [-0.2, -0.15) is 0 Å². The lowest BCUT2D eigenvalue weighted by molar-refractivity contribution is 0.541. The Hall–Kier alpha value is -0.0500. The zero-order valence-electron chi connectivity index (χ0n) is 11.8. The van der Waals surface area contributed by atoms with Crippen molar-refractivity contribution in [1.29, 1.82) is 0 Å². The second-order valence-corrected chi connectivity index (χ2v) is 6.51. The Morgan fingerprint density at radius 3 is 2.37 bits per heavy atom. The molecule has 0 fully saturated rings. The van der Waals surface area contributed by atoms with Crippen molar-refractivity contribution in [2.45, 2.75) is 64.3 Å². The fourth-order valence-corrected chi connectivity index (χ4v) is 3.09. The van der Waals surface area contributed by atoms with Crippen LogP contribution in [0.3, 0.4) is 0 Å². The van der Waals surface area contributed by atoms with Crippen LogP contribution in [0, 0.1) is 0 Å². The first-order valence-electron chi connectivity index (χ1n) is 7.35. The van der Waals surface area contributed by atoms with Gasteiger partial charge in [0.05, 0.1) is 0 Å². The molecule has 1 aromatic carbocycles. The molecule has 3 heteroatoms. The molecule has 108 valence electrons. The molecule has 0 saturated carbocycles. The minimum atomic E-state index is 0.0660. The molecule has 0 heterocycles. The van der Waals surface area contributed by atoms with Crippen LogP contribution in [0.15, 0.2) is 22.7 Å². The van der Waals surface area contributed by atoms with Gasteiger partial charge in [0.1, 0.15) is 0 Å². The van der Waals surface area contributed by atoms with Gasteiger partial charge < -0.3 is 5.73 Å². The first-order chi connectivity index (χ1) is 9.15. The lowest BCUT2D eigenvalue weighted by Gasteiger charge is -2.13. The van der Waals surface area contributed by atoms with E-state index >= 15 is 0 Å². The van der Waals surface area contributed by atoms with E-state index in [1.807, 2.05) is 18.2 Å². The Morgan fingerprint density at radius 2 is 1.74 bits per heavy atom. The SMILES string of the molecule is CCCCCCCCCC(N)c1ccc(Br)cc1Cl. The van der Waals surface area contributed by atoms with Crippen molar-refractivity contribution in [2.24, 2.45) is 5.73 Å². The Balaban J connectivity index is 2.22. The van der Waals surface area contributed by atoms with Crippen molar-refractivity contribution in [3.63, 3.8) is 0 Å². The van der Waals surface area contributed by atoms with Crippen molar-refractivity contribution >= 4 is 27.5 Å². The van der Waals surface area contributed by atoms with Crippen LogP contribution in [0.2, 0.25) is 5.02 Å². The van der Waals surface area contributed by atoms with Gasteiger partial charge in [0.2, 0.25) is 0 Å². The van der Waals surface area contributed by atoms with Crippen molar-refractivity contribution in [2.75, 3.05) is 0 Å². The molecule has 1 rings (SSSR count). The molecular formula is C16H25BrClN. The minimum absolute atomic E-state index is 0.0660. The predicted octanol–water partition coefficient (Wildman–Crippen LogP) is 6.24. The molecule has 0 aliphatic carbocycles. The van der Waals surface area contributed by atoms with E-state index in [1.54, 1.807) is 0 Å². The summed E-state index contributed by atoms with van der Waals surface area (Å²) in [6, 6.07) is 6.02. The molecule has 1 atom stereocenters. The highest BCUT2D eigenvalue weighted by Gasteiger charge is 2.09. The molecule has 19 heavy (non-hydrogen) atoms. The standard InChI is InChI=1S/C16H25BrClN/c1-2-3-4-5-6-7-8-9-16(19)14-11-10-13(17)12-15(14)18/h10-12,16H,2-9,19H2,1H3. The van der Waals surface area contributed by atoms with Gasteiger partial charge in [-0.3, -0.25) is 0 Å². The minimum Gasteiger partial charge on any atom is -0.324 e. The van der Waals surface area contributed by atoms with E-state index in [-0.39, 0.29) is 6.04 Å². The van der Waals surface area contributed by atoms with Crippen molar-refractivity contribution < 1.29 is 0 Å². The summed E-state index contributed by atoms with van der Waals surface area (Å²) >= 11 is 9.63. The molecule has 0 aliphatic heterocycles. The van der Waals surface area contributed by atoms with E-state index < -0.39 is 0 Å². The van der Waals surface area contributed by atoms with E-state index in [9.17, 15) is 0 Å². The van der Waals surface area contributed by atoms with E-state index in [0.29, 0.717) is 0 Å². The summed E-state index contributed by atoms with van der Waals surface area (Å²) in [6.45, 7) is 2.25. The molecule has 0 saturated heterocycles. The maximum absolute atomic E-state index is 6.21. The number of unbranched alkanes of at least 4 members (excludes halogenated alkanes) is 6. The number of hydrogen-bond donors (Lipinski definition) is 1. The summed E-state index contributed by atoms with van der Waals surface area (Å²) in [7, 11) is 0. The van der Waals surface area contributed by atoms with Gasteiger partial charge in [0.15, 0.2) is 0 Å². The second-order valence-electron chi connectivity index (χ2n) is 5.18. The topological polar surface area (TPSA) is 26.0 Å². The number of nitrogens with two attached hydrogens (primary N) is 1. The maximum atomic E-state index is 6.21. The van der Waals surface area contributed by atoms with Gasteiger partial charge in [-0.05, 0) is 24.1 Å².